The van der Waals surface area contributed by atoms with Crippen molar-refractivity contribution < 1.29 is 19.0 Å². The Bertz CT molecular complexity index is 610. The van der Waals surface area contributed by atoms with E-state index in [0.29, 0.717) is 22.9 Å². The quantitative estimate of drug-likeness (QED) is 0.520. The Morgan fingerprint density at radius 1 is 1.05 bits per heavy atom. The fraction of sp³-hybridized carbons (Fsp3) is 0.188. The van der Waals surface area contributed by atoms with Gasteiger partial charge in [-0.15, -0.1) is 0 Å². The third kappa shape index (κ3) is 4.14. The van der Waals surface area contributed by atoms with Crippen LogP contribution in [0.1, 0.15) is 6.92 Å². The zero-order valence-corrected chi connectivity index (χ0v) is 11.9. The molecule has 5 nitrogen and oxygen atoms in total. The maximum Gasteiger partial charge on any atom is 0.352 e. The minimum atomic E-state index is -0.742. The molecule has 1 atom stereocenters. The lowest BCUT2D eigenvalue weighted by atomic mass is 10.3. The summed E-state index contributed by atoms with van der Waals surface area (Å²) in [5.74, 6) is 1.17. The van der Waals surface area contributed by atoms with Crippen LogP contribution < -0.4 is 19.9 Å². The Morgan fingerprint density at radius 2 is 1.71 bits per heavy atom. The number of hydrogen-bond acceptors (Lipinski definition) is 5. The fourth-order valence-electron chi connectivity index (χ4n) is 1.68. The summed E-state index contributed by atoms with van der Waals surface area (Å²) in [7, 11) is 1.57. The van der Waals surface area contributed by atoms with Crippen molar-refractivity contribution in [3.05, 3.63) is 48.5 Å². The van der Waals surface area contributed by atoms with Crippen molar-refractivity contribution in [3.8, 4) is 17.2 Å². The molecule has 0 saturated heterocycles. The average Bonchev–Trinajstić information content (AvgIpc) is 2.48. The number of nitrogen functional groups attached to an aromatic ring is 1. The second-order valence-corrected chi connectivity index (χ2v) is 4.43. The molecule has 0 fully saturated rings. The molecule has 0 aliphatic carbocycles. The lowest BCUT2D eigenvalue weighted by molar-refractivity contribution is -0.141. The molecule has 0 amide bonds. The summed E-state index contributed by atoms with van der Waals surface area (Å²) in [4.78, 5) is 11.9. The van der Waals surface area contributed by atoms with E-state index in [2.05, 4.69) is 0 Å². The van der Waals surface area contributed by atoms with Crippen molar-refractivity contribution >= 4 is 11.7 Å². The Labute approximate surface area is 123 Å². The summed E-state index contributed by atoms with van der Waals surface area (Å²) in [6.07, 6.45) is -0.742. The molecule has 0 aliphatic heterocycles. The highest BCUT2D eigenvalue weighted by Crippen LogP contribution is 2.19. The van der Waals surface area contributed by atoms with E-state index in [4.69, 9.17) is 19.9 Å². The van der Waals surface area contributed by atoms with Crippen molar-refractivity contribution in [1.82, 2.24) is 0 Å². The first kappa shape index (κ1) is 14.7. The van der Waals surface area contributed by atoms with E-state index in [1.54, 1.807) is 62.6 Å². The first-order valence-electron chi connectivity index (χ1n) is 6.46. The van der Waals surface area contributed by atoms with E-state index < -0.39 is 12.1 Å². The van der Waals surface area contributed by atoms with Crippen molar-refractivity contribution in [2.45, 2.75) is 13.0 Å². The zero-order chi connectivity index (χ0) is 15.2. The van der Waals surface area contributed by atoms with Gasteiger partial charge in [0.25, 0.3) is 0 Å². The SMILES string of the molecule is COc1ccc(OC(=O)C(C)Oc2cccc(N)c2)cc1. The number of methoxy groups -OCH3 is 1. The van der Waals surface area contributed by atoms with Crippen LogP contribution in [0.25, 0.3) is 0 Å². The number of hydrogen-bond donors (Lipinski definition) is 1. The Balaban J connectivity index is 1.95. The van der Waals surface area contributed by atoms with Crippen molar-refractivity contribution in [2.24, 2.45) is 0 Å². The van der Waals surface area contributed by atoms with E-state index in [1.165, 1.54) is 0 Å². The molecule has 5 heteroatoms. The molecule has 0 radical (unpaired) electrons. The lowest BCUT2D eigenvalue weighted by Gasteiger charge is -2.14. The number of nitrogens with two attached hydrogens (primary N) is 1. The Kier molecular flexibility index (Phi) is 4.66. The third-order valence-corrected chi connectivity index (χ3v) is 2.78. The number of carbonyl (C=O) groups excluding carboxylic acids is 1. The van der Waals surface area contributed by atoms with Crippen LogP contribution in [0.5, 0.6) is 17.2 Å². The lowest BCUT2D eigenvalue weighted by Crippen LogP contribution is -2.28. The molecule has 0 heterocycles. The van der Waals surface area contributed by atoms with E-state index >= 15 is 0 Å². The van der Waals surface area contributed by atoms with Gasteiger partial charge in [0.05, 0.1) is 7.11 Å². The Hall–Kier alpha value is -2.69. The maximum absolute atomic E-state index is 11.9. The van der Waals surface area contributed by atoms with Crippen molar-refractivity contribution in [2.75, 3.05) is 12.8 Å². The van der Waals surface area contributed by atoms with E-state index in [9.17, 15) is 4.79 Å². The van der Waals surface area contributed by atoms with Crippen LogP contribution in [0, 0.1) is 0 Å². The number of anilines is 1. The van der Waals surface area contributed by atoms with Gasteiger partial charge in [-0.25, -0.2) is 4.79 Å². The maximum atomic E-state index is 11.9. The highest BCUT2D eigenvalue weighted by atomic mass is 16.6. The molecule has 1 unspecified atom stereocenters. The van der Waals surface area contributed by atoms with Gasteiger partial charge in [-0.2, -0.15) is 0 Å². The second-order valence-electron chi connectivity index (χ2n) is 4.43. The molecule has 2 aromatic rings. The van der Waals surface area contributed by atoms with E-state index in [0.717, 1.165) is 0 Å². The predicted molar refractivity (Wildman–Crippen MR) is 79.6 cm³/mol. The number of carbonyl (C=O) groups is 1. The fourth-order valence-corrected chi connectivity index (χ4v) is 1.68. The third-order valence-electron chi connectivity index (χ3n) is 2.78. The summed E-state index contributed by atoms with van der Waals surface area (Å²) < 4.78 is 15.8. The van der Waals surface area contributed by atoms with Crippen molar-refractivity contribution in [3.63, 3.8) is 0 Å². The van der Waals surface area contributed by atoms with Crippen LogP contribution in [0.2, 0.25) is 0 Å². The largest absolute Gasteiger partial charge is 0.497 e. The number of esters is 1. The number of rotatable bonds is 5. The summed E-state index contributed by atoms with van der Waals surface area (Å²) in [6.45, 7) is 1.62. The molecule has 0 bridgehead atoms. The monoisotopic (exact) mass is 287 g/mol. The van der Waals surface area contributed by atoms with Crippen LogP contribution >= 0.6 is 0 Å². The van der Waals surface area contributed by atoms with Crippen LogP contribution in [0.4, 0.5) is 5.69 Å². The molecular formula is C16H17NO4. The van der Waals surface area contributed by atoms with Gasteiger partial charge in [0.15, 0.2) is 6.10 Å². The van der Waals surface area contributed by atoms with Crippen LogP contribution in [-0.4, -0.2) is 19.2 Å². The Morgan fingerprint density at radius 3 is 2.33 bits per heavy atom. The summed E-state index contributed by atoms with van der Waals surface area (Å²) in [5, 5.41) is 0. The van der Waals surface area contributed by atoms with E-state index in [1.807, 2.05) is 0 Å². The van der Waals surface area contributed by atoms with Crippen LogP contribution in [-0.2, 0) is 4.79 Å². The van der Waals surface area contributed by atoms with Crippen molar-refractivity contribution in [1.29, 1.82) is 0 Å². The first-order valence-corrected chi connectivity index (χ1v) is 6.46. The molecule has 0 aromatic heterocycles. The molecule has 2 aromatic carbocycles. The predicted octanol–water partition coefficient (Wildman–Crippen LogP) is 2.65. The number of benzene rings is 2. The van der Waals surface area contributed by atoms with E-state index in [-0.39, 0.29) is 0 Å². The molecular weight excluding hydrogens is 270 g/mol. The number of ether oxygens (including phenoxy) is 3. The molecule has 0 spiro atoms. The molecule has 0 saturated carbocycles. The van der Waals surface area contributed by atoms with Gasteiger partial charge in [0, 0.05) is 11.8 Å². The minimum Gasteiger partial charge on any atom is -0.497 e. The highest BCUT2D eigenvalue weighted by molar-refractivity contribution is 5.77. The van der Waals surface area contributed by atoms with Gasteiger partial charge in [-0.3, -0.25) is 0 Å². The van der Waals surface area contributed by atoms with Crippen LogP contribution in [0.3, 0.4) is 0 Å². The first-order chi connectivity index (χ1) is 10.1. The van der Waals surface area contributed by atoms with Gasteiger partial charge >= 0.3 is 5.97 Å². The molecule has 2 rings (SSSR count). The van der Waals surface area contributed by atoms with Gasteiger partial charge < -0.3 is 19.9 Å². The zero-order valence-electron chi connectivity index (χ0n) is 11.9. The summed E-state index contributed by atoms with van der Waals surface area (Å²) in [5.41, 5.74) is 6.23. The van der Waals surface area contributed by atoms with Gasteiger partial charge in [0.2, 0.25) is 0 Å². The summed E-state index contributed by atoms with van der Waals surface area (Å²) >= 11 is 0. The second kappa shape index (κ2) is 6.65. The molecule has 2 N–H and O–H groups in total. The van der Waals surface area contributed by atoms with Crippen LogP contribution in [0.15, 0.2) is 48.5 Å². The molecule has 0 aliphatic rings. The topological polar surface area (TPSA) is 70.8 Å². The molecule has 110 valence electrons. The van der Waals surface area contributed by atoms with Gasteiger partial charge in [-0.1, -0.05) is 6.07 Å². The average molecular weight is 287 g/mol. The standard InChI is InChI=1S/C16H17NO4/c1-11(20-15-5-3-4-12(17)10-15)16(18)21-14-8-6-13(19-2)7-9-14/h3-11H,17H2,1-2H3. The smallest absolute Gasteiger partial charge is 0.352 e. The van der Waals surface area contributed by atoms with Gasteiger partial charge in [0.1, 0.15) is 17.2 Å². The minimum absolute atomic E-state index is 0.434. The normalized spacial score (nSPS) is 11.5. The summed E-state index contributed by atoms with van der Waals surface area (Å²) in [6, 6.07) is 13.6. The van der Waals surface area contributed by atoms with Gasteiger partial charge in [-0.05, 0) is 43.3 Å². The molecule has 21 heavy (non-hydrogen) atoms. The highest BCUT2D eigenvalue weighted by Gasteiger charge is 2.17.